The van der Waals surface area contributed by atoms with Gasteiger partial charge in [0.15, 0.2) is 11.5 Å². The minimum Gasteiger partial charge on any atom is -0.339 e. The molecule has 2 fully saturated rings. The summed E-state index contributed by atoms with van der Waals surface area (Å²) in [6.07, 6.45) is 4.19. The van der Waals surface area contributed by atoms with Crippen LogP contribution in [0.25, 0.3) is 5.65 Å². The fourth-order valence-corrected chi connectivity index (χ4v) is 3.91. The summed E-state index contributed by atoms with van der Waals surface area (Å²) in [7, 11) is 0. The molecule has 3 aromatic rings. The molecule has 27 heavy (non-hydrogen) atoms. The second kappa shape index (κ2) is 6.60. The Bertz CT molecular complexity index is 987. The topological polar surface area (TPSA) is 63.4 Å². The van der Waals surface area contributed by atoms with Gasteiger partial charge in [-0.25, -0.2) is 0 Å². The molecule has 1 aromatic carbocycles. The van der Waals surface area contributed by atoms with Gasteiger partial charge in [0.2, 0.25) is 0 Å². The van der Waals surface area contributed by atoms with Gasteiger partial charge in [-0.2, -0.15) is 9.61 Å². The summed E-state index contributed by atoms with van der Waals surface area (Å²) < 4.78 is 1.91. The summed E-state index contributed by atoms with van der Waals surface area (Å²) in [5, 5.41) is 14.1. The second-order valence-electron chi connectivity index (χ2n) is 7.43. The van der Waals surface area contributed by atoms with Crippen LogP contribution in [0.1, 0.15) is 59.4 Å². The lowest BCUT2D eigenvalue weighted by atomic mass is 9.95. The highest BCUT2D eigenvalue weighted by Gasteiger charge is 2.29. The van der Waals surface area contributed by atoms with E-state index >= 15 is 0 Å². The molecule has 5 rings (SSSR count). The van der Waals surface area contributed by atoms with Crippen molar-refractivity contribution in [1.82, 2.24) is 24.7 Å². The van der Waals surface area contributed by atoms with Gasteiger partial charge >= 0.3 is 0 Å². The van der Waals surface area contributed by atoms with Gasteiger partial charge in [0, 0.05) is 35.5 Å². The first kappa shape index (κ1) is 16.7. The Hall–Kier alpha value is -2.47. The van der Waals surface area contributed by atoms with E-state index in [2.05, 4.69) is 16.3 Å². The lowest BCUT2D eigenvalue weighted by Crippen LogP contribution is -2.38. The van der Waals surface area contributed by atoms with Crippen LogP contribution in [-0.2, 0) is 0 Å². The van der Waals surface area contributed by atoms with Crippen molar-refractivity contribution in [2.75, 3.05) is 13.1 Å². The smallest absolute Gasteiger partial charge is 0.253 e. The van der Waals surface area contributed by atoms with Crippen molar-refractivity contribution in [2.24, 2.45) is 0 Å². The Morgan fingerprint density at radius 3 is 2.37 bits per heavy atom. The first-order valence-corrected chi connectivity index (χ1v) is 9.84. The van der Waals surface area contributed by atoms with Gasteiger partial charge in [0.1, 0.15) is 0 Å². The fraction of sp³-hybridized carbons (Fsp3) is 0.400. The Morgan fingerprint density at radius 2 is 1.67 bits per heavy atom. The SMILES string of the molecule is O=C(c1ccc(Cl)cc1)N1CCC(c2nnc3ccc(C4CC4)nn23)CC1. The van der Waals surface area contributed by atoms with Crippen LogP contribution in [0, 0.1) is 0 Å². The molecule has 6 nitrogen and oxygen atoms in total. The lowest BCUT2D eigenvalue weighted by molar-refractivity contribution is 0.0710. The van der Waals surface area contributed by atoms with Gasteiger partial charge in [-0.05, 0) is 62.1 Å². The van der Waals surface area contributed by atoms with Crippen molar-refractivity contribution in [3.63, 3.8) is 0 Å². The number of aromatic nitrogens is 4. The molecule has 0 bridgehead atoms. The number of benzene rings is 1. The normalized spacial score (nSPS) is 18.2. The van der Waals surface area contributed by atoms with E-state index in [1.807, 2.05) is 15.5 Å². The van der Waals surface area contributed by atoms with Crippen molar-refractivity contribution < 1.29 is 4.79 Å². The molecule has 1 saturated heterocycles. The number of carbonyl (C=O) groups excluding carboxylic acids is 1. The van der Waals surface area contributed by atoms with Crippen molar-refractivity contribution >= 4 is 23.2 Å². The Kier molecular flexibility index (Phi) is 4.08. The molecule has 1 amide bonds. The quantitative estimate of drug-likeness (QED) is 0.694. The maximum Gasteiger partial charge on any atom is 0.253 e. The molecule has 0 unspecified atom stereocenters. The number of piperidine rings is 1. The zero-order valence-corrected chi connectivity index (χ0v) is 15.6. The summed E-state index contributed by atoms with van der Waals surface area (Å²) in [5.74, 6) is 1.86. The number of nitrogens with zero attached hydrogens (tertiary/aromatic N) is 5. The zero-order chi connectivity index (χ0) is 18.4. The Morgan fingerprint density at radius 1 is 0.926 bits per heavy atom. The van der Waals surface area contributed by atoms with Crippen molar-refractivity contribution in [3.05, 3.63) is 58.5 Å². The molecule has 2 aromatic heterocycles. The van der Waals surface area contributed by atoms with Gasteiger partial charge in [-0.3, -0.25) is 4.79 Å². The summed E-state index contributed by atoms with van der Waals surface area (Å²) in [4.78, 5) is 14.6. The third-order valence-electron chi connectivity index (χ3n) is 5.54. The minimum absolute atomic E-state index is 0.0605. The molecule has 1 saturated carbocycles. The first-order valence-electron chi connectivity index (χ1n) is 9.46. The molecule has 2 aliphatic rings. The van der Waals surface area contributed by atoms with Crippen LogP contribution in [0.5, 0.6) is 0 Å². The second-order valence-corrected chi connectivity index (χ2v) is 7.87. The largest absolute Gasteiger partial charge is 0.339 e. The van der Waals surface area contributed by atoms with E-state index < -0.39 is 0 Å². The van der Waals surface area contributed by atoms with Crippen molar-refractivity contribution in [3.8, 4) is 0 Å². The maximum atomic E-state index is 12.7. The van der Waals surface area contributed by atoms with Crippen LogP contribution in [0.4, 0.5) is 0 Å². The molecule has 0 spiro atoms. The fourth-order valence-electron chi connectivity index (χ4n) is 3.79. The number of hydrogen-bond acceptors (Lipinski definition) is 4. The summed E-state index contributed by atoms with van der Waals surface area (Å²) >= 11 is 5.91. The predicted octanol–water partition coefficient (Wildman–Crippen LogP) is 3.67. The van der Waals surface area contributed by atoms with Crippen LogP contribution >= 0.6 is 11.6 Å². The molecule has 0 N–H and O–H groups in total. The standard InChI is InChI=1S/C20H20ClN5O/c21-16-5-3-15(4-6-16)20(27)25-11-9-14(10-12-25)19-23-22-18-8-7-17(13-1-2-13)24-26(18)19/h3-8,13-14H,1-2,9-12H2. The van der Waals surface area contributed by atoms with Crippen LogP contribution < -0.4 is 0 Å². The third kappa shape index (κ3) is 3.18. The number of fused-ring (bicyclic) bond motifs is 1. The number of rotatable bonds is 3. The van der Waals surface area contributed by atoms with E-state index in [0.29, 0.717) is 29.6 Å². The van der Waals surface area contributed by atoms with Gasteiger partial charge < -0.3 is 4.90 Å². The van der Waals surface area contributed by atoms with Crippen LogP contribution in [-0.4, -0.2) is 43.7 Å². The number of carbonyl (C=O) groups is 1. The number of likely N-dealkylation sites (tertiary alicyclic amines) is 1. The number of amides is 1. The average molecular weight is 382 g/mol. The summed E-state index contributed by atoms with van der Waals surface area (Å²) in [6, 6.07) is 11.2. The van der Waals surface area contributed by atoms with Crippen LogP contribution in [0.2, 0.25) is 5.02 Å². The van der Waals surface area contributed by atoms with Crippen LogP contribution in [0.3, 0.4) is 0 Å². The van der Waals surface area contributed by atoms with Gasteiger partial charge in [-0.15, -0.1) is 10.2 Å². The van der Waals surface area contributed by atoms with E-state index in [1.54, 1.807) is 24.3 Å². The monoisotopic (exact) mass is 381 g/mol. The zero-order valence-electron chi connectivity index (χ0n) is 14.9. The van der Waals surface area contributed by atoms with Crippen molar-refractivity contribution in [2.45, 2.75) is 37.5 Å². The molecular weight excluding hydrogens is 362 g/mol. The molecule has 0 radical (unpaired) electrons. The highest BCUT2D eigenvalue weighted by atomic mass is 35.5. The number of halogens is 1. The van der Waals surface area contributed by atoms with Gasteiger partial charge in [-0.1, -0.05) is 11.6 Å². The predicted molar refractivity (Wildman–Crippen MR) is 102 cm³/mol. The molecule has 7 heteroatoms. The Labute approximate surface area is 162 Å². The molecular formula is C20H20ClN5O. The highest BCUT2D eigenvalue weighted by Crippen LogP contribution is 2.39. The molecule has 0 atom stereocenters. The summed E-state index contributed by atoms with van der Waals surface area (Å²) in [5.41, 5.74) is 2.62. The van der Waals surface area contributed by atoms with Gasteiger partial charge in [0.25, 0.3) is 5.91 Å². The van der Waals surface area contributed by atoms with E-state index in [1.165, 1.54) is 12.8 Å². The Balaban J connectivity index is 1.31. The third-order valence-corrected chi connectivity index (χ3v) is 5.79. The lowest BCUT2D eigenvalue weighted by Gasteiger charge is -2.31. The van der Waals surface area contributed by atoms with E-state index in [0.717, 1.165) is 30.0 Å². The van der Waals surface area contributed by atoms with Crippen LogP contribution in [0.15, 0.2) is 36.4 Å². The molecule has 138 valence electrons. The highest BCUT2D eigenvalue weighted by molar-refractivity contribution is 6.30. The van der Waals surface area contributed by atoms with E-state index in [-0.39, 0.29) is 11.8 Å². The minimum atomic E-state index is 0.0605. The van der Waals surface area contributed by atoms with E-state index in [9.17, 15) is 4.79 Å². The summed E-state index contributed by atoms with van der Waals surface area (Å²) in [6.45, 7) is 1.42. The van der Waals surface area contributed by atoms with E-state index in [4.69, 9.17) is 16.7 Å². The molecule has 1 aliphatic heterocycles. The van der Waals surface area contributed by atoms with Gasteiger partial charge in [0.05, 0.1) is 5.69 Å². The average Bonchev–Trinajstić information content (AvgIpc) is 3.47. The first-order chi connectivity index (χ1) is 13.2. The van der Waals surface area contributed by atoms with Crippen molar-refractivity contribution in [1.29, 1.82) is 0 Å². The molecule has 1 aliphatic carbocycles. The molecule has 3 heterocycles. The number of hydrogen-bond donors (Lipinski definition) is 0. The maximum absolute atomic E-state index is 12.7.